The van der Waals surface area contributed by atoms with Crippen LogP contribution in [0.15, 0.2) is 40.5 Å². The largest absolute Gasteiger partial charge is 0.357 e. The minimum Gasteiger partial charge on any atom is -0.357 e. The van der Waals surface area contributed by atoms with Crippen molar-refractivity contribution in [2.24, 2.45) is 4.99 Å². The summed E-state index contributed by atoms with van der Waals surface area (Å²) in [5.74, 6) is 0. The van der Waals surface area contributed by atoms with Gasteiger partial charge in [-0.25, -0.2) is 0 Å². The Hall–Kier alpha value is -1.57. The SMILES string of the molecule is CCC1=C(CC)Nc2ccccc2N=C1. The van der Waals surface area contributed by atoms with Gasteiger partial charge in [0, 0.05) is 11.9 Å². The maximum absolute atomic E-state index is 4.49. The van der Waals surface area contributed by atoms with Crippen LogP contribution in [0.3, 0.4) is 0 Å². The van der Waals surface area contributed by atoms with Crippen LogP contribution in [0.1, 0.15) is 26.7 Å². The Bertz CT molecular complexity index is 416. The summed E-state index contributed by atoms with van der Waals surface area (Å²) in [4.78, 5) is 4.49. The molecule has 0 saturated carbocycles. The average Bonchev–Trinajstić information content (AvgIpc) is 2.47. The Kier molecular flexibility index (Phi) is 2.86. The van der Waals surface area contributed by atoms with Crippen molar-refractivity contribution in [2.45, 2.75) is 26.7 Å². The molecule has 0 saturated heterocycles. The average molecular weight is 200 g/mol. The highest BCUT2D eigenvalue weighted by Gasteiger charge is 2.08. The second kappa shape index (κ2) is 4.30. The standard InChI is InChI=1S/C13H16N2/c1-3-10-9-14-12-7-5-6-8-13(12)15-11(10)4-2/h5-9,15H,3-4H2,1-2H3. The number of nitrogens with one attached hydrogen (secondary N) is 1. The molecule has 0 aliphatic carbocycles. The quantitative estimate of drug-likeness (QED) is 0.769. The number of nitrogens with zero attached hydrogens (tertiary/aromatic N) is 1. The first kappa shape index (κ1) is 9.97. The highest BCUT2D eigenvalue weighted by atomic mass is 14.9. The third kappa shape index (κ3) is 1.94. The van der Waals surface area contributed by atoms with Crippen LogP contribution in [0.25, 0.3) is 0 Å². The lowest BCUT2D eigenvalue weighted by Gasteiger charge is -2.11. The van der Waals surface area contributed by atoms with Crippen LogP contribution in [0.2, 0.25) is 0 Å². The van der Waals surface area contributed by atoms with Crippen molar-refractivity contribution < 1.29 is 0 Å². The normalized spacial score (nSPS) is 14.5. The van der Waals surface area contributed by atoms with E-state index in [0.717, 1.165) is 24.2 Å². The van der Waals surface area contributed by atoms with E-state index in [4.69, 9.17) is 0 Å². The molecule has 15 heavy (non-hydrogen) atoms. The number of benzene rings is 1. The summed E-state index contributed by atoms with van der Waals surface area (Å²) >= 11 is 0. The first-order chi connectivity index (χ1) is 7.35. The third-order valence-corrected chi connectivity index (χ3v) is 2.67. The van der Waals surface area contributed by atoms with Gasteiger partial charge in [-0.3, -0.25) is 4.99 Å². The van der Waals surface area contributed by atoms with Crippen LogP contribution in [0.4, 0.5) is 11.4 Å². The molecular formula is C13H16N2. The molecule has 1 aliphatic heterocycles. The minimum absolute atomic E-state index is 1.02. The van der Waals surface area contributed by atoms with Crippen LogP contribution in [-0.2, 0) is 0 Å². The molecule has 2 nitrogen and oxygen atoms in total. The van der Waals surface area contributed by atoms with Crippen LogP contribution in [0.5, 0.6) is 0 Å². The molecular weight excluding hydrogens is 184 g/mol. The van der Waals surface area contributed by atoms with E-state index in [0.29, 0.717) is 0 Å². The lowest BCUT2D eigenvalue weighted by Crippen LogP contribution is -2.01. The zero-order valence-corrected chi connectivity index (χ0v) is 9.25. The van der Waals surface area contributed by atoms with E-state index in [9.17, 15) is 0 Å². The number of para-hydroxylation sites is 2. The lowest BCUT2D eigenvalue weighted by atomic mass is 10.1. The molecule has 1 aromatic carbocycles. The van der Waals surface area contributed by atoms with Crippen molar-refractivity contribution >= 4 is 17.6 Å². The van der Waals surface area contributed by atoms with Crippen molar-refractivity contribution in [2.75, 3.05) is 5.32 Å². The van der Waals surface area contributed by atoms with E-state index >= 15 is 0 Å². The van der Waals surface area contributed by atoms with Gasteiger partial charge in [-0.1, -0.05) is 26.0 Å². The fraction of sp³-hybridized carbons (Fsp3) is 0.308. The van der Waals surface area contributed by atoms with Crippen molar-refractivity contribution in [3.8, 4) is 0 Å². The van der Waals surface area contributed by atoms with E-state index in [1.165, 1.54) is 11.3 Å². The monoisotopic (exact) mass is 200 g/mol. The number of anilines is 1. The number of fused-ring (bicyclic) bond motifs is 1. The number of hydrogen-bond donors (Lipinski definition) is 1. The van der Waals surface area contributed by atoms with Gasteiger partial charge in [0.25, 0.3) is 0 Å². The van der Waals surface area contributed by atoms with Crippen molar-refractivity contribution in [3.05, 3.63) is 35.5 Å². The maximum Gasteiger partial charge on any atom is 0.0864 e. The molecule has 0 fully saturated rings. The van der Waals surface area contributed by atoms with Gasteiger partial charge in [0.2, 0.25) is 0 Å². The van der Waals surface area contributed by atoms with Gasteiger partial charge in [-0.15, -0.1) is 0 Å². The molecule has 0 aromatic heterocycles. The molecule has 0 amide bonds. The second-order valence-electron chi connectivity index (χ2n) is 3.61. The van der Waals surface area contributed by atoms with Crippen LogP contribution in [-0.4, -0.2) is 6.21 Å². The van der Waals surface area contributed by atoms with Crippen molar-refractivity contribution in [1.29, 1.82) is 0 Å². The molecule has 2 rings (SSSR count). The van der Waals surface area contributed by atoms with Crippen LogP contribution in [0, 0.1) is 0 Å². The summed E-state index contributed by atoms with van der Waals surface area (Å²) in [5.41, 5.74) is 4.71. The fourth-order valence-corrected chi connectivity index (χ4v) is 1.78. The predicted molar refractivity (Wildman–Crippen MR) is 65.8 cm³/mol. The van der Waals surface area contributed by atoms with Crippen LogP contribution < -0.4 is 5.32 Å². The smallest absolute Gasteiger partial charge is 0.0864 e. The topological polar surface area (TPSA) is 24.4 Å². The maximum atomic E-state index is 4.49. The van der Waals surface area contributed by atoms with Gasteiger partial charge in [-0.2, -0.15) is 0 Å². The fourth-order valence-electron chi connectivity index (χ4n) is 1.78. The Labute approximate surface area is 90.7 Å². The van der Waals surface area contributed by atoms with Gasteiger partial charge in [0.1, 0.15) is 0 Å². The summed E-state index contributed by atoms with van der Waals surface area (Å²) in [6.45, 7) is 4.33. The Morgan fingerprint density at radius 3 is 2.67 bits per heavy atom. The second-order valence-corrected chi connectivity index (χ2v) is 3.61. The molecule has 1 heterocycles. The van der Waals surface area contributed by atoms with Gasteiger partial charge in [0.15, 0.2) is 0 Å². The summed E-state index contributed by atoms with van der Waals surface area (Å²) in [6, 6.07) is 8.15. The summed E-state index contributed by atoms with van der Waals surface area (Å²) in [7, 11) is 0. The van der Waals surface area contributed by atoms with Gasteiger partial charge in [0.05, 0.1) is 11.4 Å². The zero-order valence-electron chi connectivity index (χ0n) is 9.25. The molecule has 1 aromatic rings. The Balaban J connectivity index is 2.44. The predicted octanol–water partition coefficient (Wildman–Crippen LogP) is 3.89. The molecule has 0 unspecified atom stereocenters. The number of aliphatic imine (C=N–C) groups is 1. The first-order valence-electron chi connectivity index (χ1n) is 5.47. The number of rotatable bonds is 2. The zero-order chi connectivity index (χ0) is 10.7. The van der Waals surface area contributed by atoms with Crippen LogP contribution >= 0.6 is 0 Å². The molecule has 0 atom stereocenters. The van der Waals surface area contributed by atoms with E-state index in [2.05, 4.69) is 30.2 Å². The number of hydrogen-bond acceptors (Lipinski definition) is 2. The molecule has 78 valence electrons. The van der Waals surface area contributed by atoms with E-state index in [-0.39, 0.29) is 0 Å². The summed E-state index contributed by atoms with van der Waals surface area (Å²) in [6.07, 6.45) is 4.02. The highest BCUT2D eigenvalue weighted by molar-refractivity contribution is 5.87. The molecule has 0 bridgehead atoms. The molecule has 2 heteroatoms. The van der Waals surface area contributed by atoms with Gasteiger partial charge < -0.3 is 5.32 Å². The lowest BCUT2D eigenvalue weighted by molar-refractivity contribution is 1.04. The highest BCUT2D eigenvalue weighted by Crippen LogP contribution is 2.29. The number of allylic oxidation sites excluding steroid dienone is 2. The van der Waals surface area contributed by atoms with Crippen molar-refractivity contribution in [3.63, 3.8) is 0 Å². The first-order valence-corrected chi connectivity index (χ1v) is 5.47. The third-order valence-electron chi connectivity index (χ3n) is 2.67. The van der Waals surface area contributed by atoms with E-state index in [1.807, 2.05) is 24.4 Å². The minimum atomic E-state index is 1.02. The molecule has 0 spiro atoms. The van der Waals surface area contributed by atoms with Gasteiger partial charge >= 0.3 is 0 Å². The summed E-state index contributed by atoms with van der Waals surface area (Å²) < 4.78 is 0. The molecule has 0 radical (unpaired) electrons. The van der Waals surface area contributed by atoms with E-state index < -0.39 is 0 Å². The Morgan fingerprint density at radius 1 is 1.13 bits per heavy atom. The summed E-state index contributed by atoms with van der Waals surface area (Å²) in [5, 5.41) is 3.46. The van der Waals surface area contributed by atoms with Gasteiger partial charge in [-0.05, 0) is 30.5 Å². The van der Waals surface area contributed by atoms with Crippen molar-refractivity contribution in [1.82, 2.24) is 0 Å². The Morgan fingerprint density at radius 2 is 1.93 bits per heavy atom. The molecule has 1 N–H and O–H groups in total. The molecule has 1 aliphatic rings. The van der Waals surface area contributed by atoms with E-state index in [1.54, 1.807) is 0 Å².